The predicted octanol–water partition coefficient (Wildman–Crippen LogP) is 3.82. The summed E-state index contributed by atoms with van der Waals surface area (Å²) >= 11 is 0. The van der Waals surface area contributed by atoms with Gasteiger partial charge in [0.05, 0.1) is 0 Å². The van der Waals surface area contributed by atoms with Crippen molar-refractivity contribution in [2.24, 2.45) is 0 Å². The number of rotatable bonds is 4. The summed E-state index contributed by atoms with van der Waals surface area (Å²) in [6.45, 7) is 4.48. The van der Waals surface area contributed by atoms with E-state index >= 15 is 0 Å². The van der Waals surface area contributed by atoms with Crippen LogP contribution in [0.25, 0.3) is 0 Å². The van der Waals surface area contributed by atoms with Crippen molar-refractivity contribution in [1.29, 1.82) is 0 Å². The van der Waals surface area contributed by atoms with Crippen LogP contribution in [0.15, 0.2) is 48.5 Å². The summed E-state index contributed by atoms with van der Waals surface area (Å²) in [6, 6.07) is 17.0. The molecule has 1 unspecified atom stereocenters. The molecule has 2 rings (SSSR count). The molecule has 0 heterocycles. The van der Waals surface area contributed by atoms with Gasteiger partial charge in [-0.3, -0.25) is 0 Å². The Balaban J connectivity index is 2.38. The highest BCUT2D eigenvalue weighted by atomic mass is 16.3. The first kappa shape index (κ1) is 12.8. The normalized spacial score (nSPS) is 12.4. The van der Waals surface area contributed by atoms with Crippen molar-refractivity contribution in [1.82, 2.24) is 0 Å². The molecule has 0 aliphatic rings. The number of aliphatic hydroxyl groups excluding tert-OH is 1. The molecule has 0 aliphatic heterocycles. The second kappa shape index (κ2) is 5.83. The summed E-state index contributed by atoms with van der Waals surface area (Å²) in [7, 11) is 0. The van der Waals surface area contributed by atoms with E-state index in [2.05, 4.69) is 56.3 Å². The Morgan fingerprint density at radius 3 is 2.22 bits per heavy atom. The van der Waals surface area contributed by atoms with Crippen LogP contribution in [0.3, 0.4) is 0 Å². The topological polar surface area (TPSA) is 20.2 Å². The van der Waals surface area contributed by atoms with Crippen LogP contribution in [0.5, 0.6) is 0 Å². The Kier molecular flexibility index (Phi) is 4.16. The van der Waals surface area contributed by atoms with E-state index in [9.17, 15) is 5.11 Å². The van der Waals surface area contributed by atoms with E-state index in [1.165, 1.54) is 22.3 Å². The van der Waals surface area contributed by atoms with Gasteiger partial charge in [0.1, 0.15) is 0 Å². The van der Waals surface area contributed by atoms with Crippen LogP contribution < -0.4 is 0 Å². The largest absolute Gasteiger partial charge is 0.396 e. The Hall–Kier alpha value is -1.60. The molecule has 2 aromatic carbocycles. The van der Waals surface area contributed by atoms with E-state index in [0.29, 0.717) is 0 Å². The first-order valence-electron chi connectivity index (χ1n) is 6.45. The van der Waals surface area contributed by atoms with Crippen molar-refractivity contribution < 1.29 is 5.11 Å². The molecule has 0 fully saturated rings. The Morgan fingerprint density at radius 2 is 1.61 bits per heavy atom. The summed E-state index contributed by atoms with van der Waals surface area (Å²) in [5.74, 6) is 0.288. The quantitative estimate of drug-likeness (QED) is 0.861. The van der Waals surface area contributed by atoms with Gasteiger partial charge in [-0.25, -0.2) is 0 Å². The fourth-order valence-electron chi connectivity index (χ4n) is 2.32. The molecule has 0 saturated carbocycles. The third-order valence-electron chi connectivity index (χ3n) is 3.55. The summed E-state index contributed by atoms with van der Waals surface area (Å²) in [5, 5.41) is 9.28. The Labute approximate surface area is 109 Å². The van der Waals surface area contributed by atoms with E-state index in [1.807, 2.05) is 6.07 Å². The molecular weight excluding hydrogens is 220 g/mol. The second-order valence-corrected chi connectivity index (χ2v) is 4.82. The number of hydrogen-bond acceptors (Lipinski definition) is 1. The summed E-state index contributed by atoms with van der Waals surface area (Å²) < 4.78 is 0. The van der Waals surface area contributed by atoms with Gasteiger partial charge in [-0.2, -0.15) is 0 Å². The highest BCUT2D eigenvalue weighted by molar-refractivity contribution is 5.37. The van der Waals surface area contributed by atoms with Crippen molar-refractivity contribution in [3.63, 3.8) is 0 Å². The van der Waals surface area contributed by atoms with Crippen molar-refractivity contribution in [3.05, 3.63) is 70.8 Å². The molecule has 1 nitrogen and oxygen atoms in total. The lowest BCUT2D eigenvalue weighted by Crippen LogP contribution is -2.04. The van der Waals surface area contributed by atoms with Gasteiger partial charge in [0.25, 0.3) is 0 Å². The molecule has 18 heavy (non-hydrogen) atoms. The Morgan fingerprint density at radius 1 is 0.889 bits per heavy atom. The second-order valence-electron chi connectivity index (χ2n) is 4.82. The molecule has 2 aromatic rings. The molecule has 0 saturated heterocycles. The maximum absolute atomic E-state index is 9.28. The maximum atomic E-state index is 9.28. The van der Waals surface area contributed by atoms with Gasteiger partial charge in [0, 0.05) is 12.5 Å². The summed E-state index contributed by atoms with van der Waals surface area (Å²) in [6.07, 6.45) is 0.770. The standard InChI is InChI=1S/C17H20O/c1-13-8-9-16(12-14(13)2)17(10-11-18)15-6-4-3-5-7-15/h3-9,12,17-18H,10-11H2,1-2H3. The summed E-state index contributed by atoms with van der Waals surface area (Å²) in [5.41, 5.74) is 5.19. The minimum atomic E-state index is 0.215. The zero-order chi connectivity index (χ0) is 13.0. The lowest BCUT2D eigenvalue weighted by molar-refractivity contribution is 0.281. The average molecular weight is 240 g/mol. The monoisotopic (exact) mass is 240 g/mol. The lowest BCUT2D eigenvalue weighted by Gasteiger charge is -2.18. The van der Waals surface area contributed by atoms with E-state index < -0.39 is 0 Å². The van der Waals surface area contributed by atoms with Crippen LogP contribution in [-0.4, -0.2) is 11.7 Å². The molecule has 0 radical (unpaired) electrons. The van der Waals surface area contributed by atoms with E-state index in [0.717, 1.165) is 6.42 Å². The minimum absolute atomic E-state index is 0.215. The van der Waals surface area contributed by atoms with Gasteiger partial charge in [-0.05, 0) is 42.5 Å². The molecule has 0 aliphatic carbocycles. The highest BCUT2D eigenvalue weighted by Crippen LogP contribution is 2.28. The van der Waals surface area contributed by atoms with Gasteiger partial charge in [-0.15, -0.1) is 0 Å². The smallest absolute Gasteiger partial charge is 0.0440 e. The third-order valence-corrected chi connectivity index (χ3v) is 3.55. The van der Waals surface area contributed by atoms with Crippen LogP contribution in [0.4, 0.5) is 0 Å². The number of aliphatic hydroxyl groups is 1. The van der Waals surface area contributed by atoms with Gasteiger partial charge >= 0.3 is 0 Å². The number of aryl methyl sites for hydroxylation is 2. The fraction of sp³-hybridized carbons (Fsp3) is 0.294. The van der Waals surface area contributed by atoms with Crippen molar-refractivity contribution >= 4 is 0 Å². The van der Waals surface area contributed by atoms with Crippen LogP contribution >= 0.6 is 0 Å². The van der Waals surface area contributed by atoms with Gasteiger partial charge in [0.15, 0.2) is 0 Å². The summed E-state index contributed by atoms with van der Waals surface area (Å²) in [4.78, 5) is 0. The fourth-order valence-corrected chi connectivity index (χ4v) is 2.32. The zero-order valence-electron chi connectivity index (χ0n) is 11.1. The molecular formula is C17H20O. The van der Waals surface area contributed by atoms with Crippen LogP contribution in [-0.2, 0) is 0 Å². The van der Waals surface area contributed by atoms with Crippen molar-refractivity contribution in [3.8, 4) is 0 Å². The lowest BCUT2D eigenvalue weighted by atomic mass is 9.87. The predicted molar refractivity (Wildman–Crippen MR) is 75.9 cm³/mol. The zero-order valence-corrected chi connectivity index (χ0v) is 11.1. The van der Waals surface area contributed by atoms with Crippen molar-refractivity contribution in [2.45, 2.75) is 26.2 Å². The molecule has 94 valence electrons. The molecule has 1 atom stereocenters. The maximum Gasteiger partial charge on any atom is 0.0440 e. The first-order chi connectivity index (χ1) is 8.72. The average Bonchev–Trinajstić information content (AvgIpc) is 2.40. The molecule has 0 amide bonds. The number of hydrogen-bond donors (Lipinski definition) is 1. The molecule has 1 N–H and O–H groups in total. The first-order valence-corrected chi connectivity index (χ1v) is 6.45. The van der Waals surface area contributed by atoms with Crippen LogP contribution in [0, 0.1) is 13.8 Å². The van der Waals surface area contributed by atoms with Crippen LogP contribution in [0.2, 0.25) is 0 Å². The number of benzene rings is 2. The SMILES string of the molecule is Cc1ccc(C(CCO)c2ccccc2)cc1C. The van der Waals surface area contributed by atoms with E-state index in [-0.39, 0.29) is 12.5 Å². The van der Waals surface area contributed by atoms with Crippen LogP contribution in [0.1, 0.15) is 34.6 Å². The van der Waals surface area contributed by atoms with E-state index in [4.69, 9.17) is 0 Å². The van der Waals surface area contributed by atoms with Gasteiger partial charge < -0.3 is 5.11 Å². The Bertz CT molecular complexity index is 502. The molecule has 0 spiro atoms. The molecule has 0 bridgehead atoms. The van der Waals surface area contributed by atoms with Crippen molar-refractivity contribution in [2.75, 3.05) is 6.61 Å². The molecule has 0 aromatic heterocycles. The third kappa shape index (κ3) is 2.80. The van der Waals surface area contributed by atoms with Gasteiger partial charge in [0.2, 0.25) is 0 Å². The molecule has 1 heteroatoms. The van der Waals surface area contributed by atoms with E-state index in [1.54, 1.807) is 0 Å². The minimum Gasteiger partial charge on any atom is -0.396 e. The van der Waals surface area contributed by atoms with Gasteiger partial charge in [-0.1, -0.05) is 48.5 Å². The highest BCUT2D eigenvalue weighted by Gasteiger charge is 2.13.